The molecule has 1 heterocycles. The van der Waals surface area contributed by atoms with E-state index < -0.39 is 9.84 Å². The molecule has 1 saturated heterocycles. The first-order valence-electron chi connectivity index (χ1n) is 9.73. The summed E-state index contributed by atoms with van der Waals surface area (Å²) in [5.41, 5.74) is 0. The van der Waals surface area contributed by atoms with Crippen LogP contribution < -0.4 is 10.6 Å². The Bertz CT molecular complexity index is 626. The molecule has 2 N–H and O–H groups in total. The molecular weight excluding hydrogens is 463 g/mol. The second-order valence-electron chi connectivity index (χ2n) is 7.85. The number of nitrogens with one attached hydrogen (secondary N) is 2. The Labute approximate surface area is 174 Å². The van der Waals surface area contributed by atoms with E-state index >= 15 is 0 Å². The van der Waals surface area contributed by atoms with Gasteiger partial charge in [0.05, 0.1) is 23.5 Å². The van der Waals surface area contributed by atoms with E-state index in [9.17, 15) is 13.7 Å². The topological polar surface area (TPSA) is 94.3 Å². The second-order valence-corrected chi connectivity index (χ2v) is 10.1. The van der Waals surface area contributed by atoms with Crippen molar-refractivity contribution in [3.63, 3.8) is 0 Å². The van der Waals surface area contributed by atoms with E-state index in [4.69, 9.17) is 4.99 Å². The first-order valence-corrected chi connectivity index (χ1v) is 11.6. The van der Waals surface area contributed by atoms with Gasteiger partial charge >= 0.3 is 0 Å². The Kier molecular flexibility index (Phi) is 8.45. The fraction of sp³-hybridized carbons (Fsp3) is 0.889. The Hall–Kier alpha value is -0.560. The summed E-state index contributed by atoms with van der Waals surface area (Å²) >= 11 is 0. The van der Waals surface area contributed by atoms with Gasteiger partial charge < -0.3 is 10.6 Å². The first kappa shape index (κ1) is 21.7. The van der Waals surface area contributed by atoms with E-state index in [2.05, 4.69) is 16.7 Å². The number of halogens is 1. The standard InChI is InChI=1S/C18H30N4O2S.HI/c19-11-15-5-4-8-17(15)22-18(21-16-6-2-1-3-7-16)20-12-14-9-10-25(23,24)13-14;/h14-17H,1-10,12-13H2,(H2,20,21,22);1H. The summed E-state index contributed by atoms with van der Waals surface area (Å²) in [5, 5.41) is 16.3. The number of nitrogens with zero attached hydrogens (tertiary/aromatic N) is 2. The van der Waals surface area contributed by atoms with Crippen molar-refractivity contribution in [3.8, 4) is 6.07 Å². The molecule has 0 bridgehead atoms. The van der Waals surface area contributed by atoms with Crippen LogP contribution in [0.2, 0.25) is 0 Å². The predicted molar refractivity (Wildman–Crippen MR) is 114 cm³/mol. The molecule has 1 aliphatic heterocycles. The summed E-state index contributed by atoms with van der Waals surface area (Å²) in [4.78, 5) is 4.72. The smallest absolute Gasteiger partial charge is 0.191 e. The molecule has 3 aliphatic rings. The van der Waals surface area contributed by atoms with Crippen molar-refractivity contribution in [1.29, 1.82) is 5.26 Å². The van der Waals surface area contributed by atoms with Gasteiger partial charge in [-0.05, 0) is 44.4 Å². The SMILES string of the molecule is I.N#CC1CCCC1NC(=NCC1CCS(=O)(=O)C1)NC1CCCCC1. The van der Waals surface area contributed by atoms with E-state index in [1.165, 1.54) is 19.3 Å². The molecule has 0 radical (unpaired) electrons. The van der Waals surface area contributed by atoms with Crippen molar-refractivity contribution < 1.29 is 8.42 Å². The van der Waals surface area contributed by atoms with Crippen molar-refractivity contribution in [3.05, 3.63) is 0 Å². The summed E-state index contributed by atoms with van der Waals surface area (Å²) in [5.74, 6) is 1.52. The van der Waals surface area contributed by atoms with E-state index in [0.29, 0.717) is 24.8 Å². The second kappa shape index (κ2) is 10.1. The number of sulfone groups is 1. The lowest BCUT2D eigenvalue weighted by Crippen LogP contribution is -2.49. The molecule has 3 atom stereocenters. The molecule has 6 nitrogen and oxygen atoms in total. The highest BCUT2D eigenvalue weighted by atomic mass is 127. The molecule has 3 rings (SSSR count). The average molecular weight is 494 g/mol. The summed E-state index contributed by atoms with van der Waals surface area (Å²) in [6.07, 6.45) is 9.85. The van der Waals surface area contributed by atoms with Crippen LogP contribution in [0, 0.1) is 23.2 Å². The van der Waals surface area contributed by atoms with Gasteiger partial charge in [0, 0.05) is 18.6 Å². The fourth-order valence-corrected chi connectivity index (χ4v) is 6.12. The van der Waals surface area contributed by atoms with Gasteiger partial charge in [-0.3, -0.25) is 4.99 Å². The van der Waals surface area contributed by atoms with Crippen LogP contribution in [0.25, 0.3) is 0 Å². The molecule has 148 valence electrons. The first-order chi connectivity index (χ1) is 12.1. The summed E-state index contributed by atoms with van der Waals surface area (Å²) in [7, 11) is -2.86. The maximum Gasteiger partial charge on any atom is 0.191 e. The Morgan fingerprint density at radius 1 is 1.04 bits per heavy atom. The van der Waals surface area contributed by atoms with Crippen LogP contribution in [0.1, 0.15) is 57.8 Å². The molecule has 0 aromatic rings. The zero-order valence-electron chi connectivity index (χ0n) is 15.3. The maximum atomic E-state index is 11.6. The van der Waals surface area contributed by atoms with Gasteiger partial charge in [0.1, 0.15) is 0 Å². The minimum absolute atomic E-state index is 0. The highest BCUT2D eigenvalue weighted by Crippen LogP contribution is 2.25. The third-order valence-electron chi connectivity index (χ3n) is 5.78. The quantitative estimate of drug-likeness (QED) is 0.356. The minimum atomic E-state index is -2.86. The number of rotatable bonds is 4. The molecule has 26 heavy (non-hydrogen) atoms. The van der Waals surface area contributed by atoms with Crippen molar-refractivity contribution in [1.82, 2.24) is 10.6 Å². The monoisotopic (exact) mass is 494 g/mol. The summed E-state index contributed by atoms with van der Waals surface area (Å²) in [6.45, 7) is 0.547. The van der Waals surface area contributed by atoms with Crippen LogP contribution in [0.15, 0.2) is 4.99 Å². The van der Waals surface area contributed by atoms with Crippen LogP contribution in [0.4, 0.5) is 0 Å². The Morgan fingerprint density at radius 3 is 2.46 bits per heavy atom. The lowest BCUT2D eigenvalue weighted by atomic mass is 9.95. The van der Waals surface area contributed by atoms with E-state index in [-0.39, 0.29) is 47.6 Å². The molecule has 2 aliphatic carbocycles. The lowest BCUT2D eigenvalue weighted by Gasteiger charge is -2.27. The normalized spacial score (nSPS) is 31.8. The number of hydrogen-bond acceptors (Lipinski definition) is 4. The zero-order chi connectivity index (χ0) is 17.7. The van der Waals surface area contributed by atoms with Crippen molar-refractivity contribution in [2.75, 3.05) is 18.1 Å². The Morgan fingerprint density at radius 2 is 1.81 bits per heavy atom. The van der Waals surface area contributed by atoms with Gasteiger partial charge in [-0.25, -0.2) is 8.42 Å². The van der Waals surface area contributed by atoms with Crippen LogP contribution in [0.5, 0.6) is 0 Å². The molecule has 3 unspecified atom stereocenters. The number of nitriles is 1. The molecule has 0 aromatic heterocycles. The minimum Gasteiger partial charge on any atom is -0.354 e. The molecule has 0 amide bonds. The molecule has 0 spiro atoms. The number of hydrogen-bond donors (Lipinski definition) is 2. The maximum absolute atomic E-state index is 11.6. The van der Waals surface area contributed by atoms with Gasteiger partial charge in [-0.15, -0.1) is 24.0 Å². The molecule has 3 fully saturated rings. The Balaban J connectivity index is 0.00000243. The van der Waals surface area contributed by atoms with E-state index in [1.807, 2.05) is 0 Å². The van der Waals surface area contributed by atoms with Gasteiger partial charge in [-0.2, -0.15) is 5.26 Å². The van der Waals surface area contributed by atoms with Crippen molar-refractivity contribution >= 4 is 39.8 Å². The van der Waals surface area contributed by atoms with E-state index in [1.54, 1.807) is 0 Å². The molecule has 8 heteroatoms. The molecule has 2 saturated carbocycles. The third-order valence-corrected chi connectivity index (χ3v) is 7.62. The van der Waals surface area contributed by atoms with Gasteiger partial charge in [0.15, 0.2) is 15.8 Å². The number of aliphatic imine (C=N–C) groups is 1. The average Bonchev–Trinajstić information content (AvgIpc) is 3.19. The van der Waals surface area contributed by atoms with Gasteiger partial charge in [0.2, 0.25) is 0 Å². The lowest BCUT2D eigenvalue weighted by molar-refractivity contribution is 0.405. The van der Waals surface area contributed by atoms with Crippen LogP contribution in [-0.4, -0.2) is 44.5 Å². The zero-order valence-corrected chi connectivity index (χ0v) is 18.5. The predicted octanol–water partition coefficient (Wildman–Crippen LogP) is 2.60. The highest BCUT2D eigenvalue weighted by Gasteiger charge is 2.30. The highest BCUT2D eigenvalue weighted by molar-refractivity contribution is 14.0. The third kappa shape index (κ3) is 6.25. The van der Waals surface area contributed by atoms with Crippen LogP contribution in [-0.2, 0) is 9.84 Å². The van der Waals surface area contributed by atoms with Crippen molar-refractivity contribution in [2.45, 2.75) is 69.9 Å². The fourth-order valence-electron chi connectivity index (χ4n) is 4.27. The van der Waals surface area contributed by atoms with Gasteiger partial charge in [-0.1, -0.05) is 19.3 Å². The van der Waals surface area contributed by atoms with Crippen LogP contribution in [0.3, 0.4) is 0 Å². The number of guanidine groups is 1. The van der Waals surface area contributed by atoms with E-state index in [0.717, 1.165) is 38.1 Å². The summed E-state index contributed by atoms with van der Waals surface area (Å²) in [6, 6.07) is 3.00. The summed E-state index contributed by atoms with van der Waals surface area (Å²) < 4.78 is 23.3. The van der Waals surface area contributed by atoms with Crippen LogP contribution >= 0.6 is 24.0 Å². The largest absolute Gasteiger partial charge is 0.354 e. The van der Waals surface area contributed by atoms with Crippen molar-refractivity contribution in [2.24, 2.45) is 16.8 Å². The molecular formula is C18H31IN4O2S. The van der Waals surface area contributed by atoms with Gasteiger partial charge in [0.25, 0.3) is 0 Å². The molecule has 0 aromatic carbocycles.